The molecule has 1 amide bonds. The molecular formula is C22H22N3OS+. The van der Waals surface area contributed by atoms with Crippen molar-refractivity contribution >= 4 is 22.9 Å². The number of benzene rings is 2. The first-order valence-corrected chi connectivity index (χ1v) is 9.71. The van der Waals surface area contributed by atoms with Crippen LogP contribution in [-0.2, 0) is 4.79 Å². The highest BCUT2D eigenvalue weighted by molar-refractivity contribution is 7.10. The van der Waals surface area contributed by atoms with Gasteiger partial charge in [0.1, 0.15) is 12.1 Å². The van der Waals surface area contributed by atoms with E-state index in [1.165, 1.54) is 16.0 Å². The SMILES string of the molecule is Cc1ccc([C@H]([NH2+][C@H](C)C(=O)Nc2ccccc2C#N)c2cccs2)cc1. The second-order valence-electron chi connectivity index (χ2n) is 6.53. The average Bonchev–Trinajstić information content (AvgIpc) is 3.21. The van der Waals surface area contributed by atoms with Gasteiger partial charge in [-0.25, -0.2) is 0 Å². The Morgan fingerprint density at radius 1 is 1.11 bits per heavy atom. The van der Waals surface area contributed by atoms with Crippen molar-refractivity contribution in [2.24, 2.45) is 0 Å². The number of nitrogens with two attached hydrogens (primary N) is 1. The van der Waals surface area contributed by atoms with Crippen LogP contribution in [0.2, 0.25) is 0 Å². The van der Waals surface area contributed by atoms with Gasteiger partial charge in [0.05, 0.1) is 16.1 Å². The smallest absolute Gasteiger partial charge is 0.282 e. The van der Waals surface area contributed by atoms with Gasteiger partial charge in [-0.1, -0.05) is 48.0 Å². The maximum atomic E-state index is 12.7. The lowest BCUT2D eigenvalue weighted by molar-refractivity contribution is -0.703. The molecule has 3 rings (SSSR count). The molecule has 0 radical (unpaired) electrons. The van der Waals surface area contributed by atoms with Gasteiger partial charge in [-0.3, -0.25) is 4.79 Å². The van der Waals surface area contributed by atoms with E-state index < -0.39 is 0 Å². The van der Waals surface area contributed by atoms with E-state index in [-0.39, 0.29) is 18.0 Å². The Morgan fingerprint density at radius 2 is 1.85 bits per heavy atom. The molecule has 136 valence electrons. The number of nitriles is 1. The number of amides is 1. The molecule has 5 heteroatoms. The van der Waals surface area contributed by atoms with Crippen LogP contribution in [0.15, 0.2) is 66.0 Å². The molecule has 0 aliphatic rings. The fraction of sp³-hybridized carbons (Fsp3) is 0.182. The first-order chi connectivity index (χ1) is 13.1. The van der Waals surface area contributed by atoms with E-state index in [2.05, 4.69) is 59.3 Å². The third-order valence-electron chi connectivity index (χ3n) is 4.49. The quantitative estimate of drug-likeness (QED) is 0.690. The summed E-state index contributed by atoms with van der Waals surface area (Å²) in [5.74, 6) is -0.119. The predicted molar refractivity (Wildman–Crippen MR) is 109 cm³/mol. The van der Waals surface area contributed by atoms with E-state index in [0.717, 1.165) is 0 Å². The lowest BCUT2D eigenvalue weighted by Crippen LogP contribution is -2.92. The van der Waals surface area contributed by atoms with Crippen molar-refractivity contribution in [1.82, 2.24) is 0 Å². The van der Waals surface area contributed by atoms with E-state index >= 15 is 0 Å². The van der Waals surface area contributed by atoms with Gasteiger partial charge in [0, 0.05) is 5.56 Å². The molecule has 0 bridgehead atoms. The first kappa shape index (κ1) is 18.8. The van der Waals surface area contributed by atoms with Crippen LogP contribution < -0.4 is 10.6 Å². The zero-order chi connectivity index (χ0) is 19.2. The van der Waals surface area contributed by atoms with Gasteiger partial charge in [0.15, 0.2) is 6.04 Å². The number of thiophene rings is 1. The number of para-hydroxylation sites is 1. The fourth-order valence-electron chi connectivity index (χ4n) is 2.92. The second kappa shape index (κ2) is 8.63. The van der Waals surface area contributed by atoms with Crippen LogP contribution in [0.25, 0.3) is 0 Å². The van der Waals surface area contributed by atoms with E-state index in [4.69, 9.17) is 0 Å². The fourth-order valence-corrected chi connectivity index (χ4v) is 3.76. The third kappa shape index (κ3) is 4.62. The molecule has 0 saturated heterocycles. The predicted octanol–water partition coefficient (Wildman–Crippen LogP) is 3.61. The minimum absolute atomic E-state index is 0.0533. The molecule has 0 aliphatic heterocycles. The monoisotopic (exact) mass is 376 g/mol. The molecule has 3 N–H and O–H groups in total. The lowest BCUT2D eigenvalue weighted by atomic mass is 10.0. The highest BCUT2D eigenvalue weighted by Gasteiger charge is 2.26. The Labute approximate surface area is 163 Å². The molecule has 2 aromatic carbocycles. The van der Waals surface area contributed by atoms with Gasteiger partial charge in [-0.2, -0.15) is 5.26 Å². The molecule has 0 spiro atoms. The molecule has 1 aromatic heterocycles. The number of hydrogen-bond acceptors (Lipinski definition) is 3. The van der Waals surface area contributed by atoms with E-state index in [0.29, 0.717) is 11.3 Å². The zero-order valence-corrected chi connectivity index (χ0v) is 16.2. The summed E-state index contributed by atoms with van der Waals surface area (Å²) < 4.78 is 0. The Hall–Kier alpha value is -2.94. The summed E-state index contributed by atoms with van der Waals surface area (Å²) in [5.41, 5.74) is 3.39. The number of carbonyl (C=O) groups excluding carboxylic acids is 1. The minimum atomic E-state index is -0.315. The molecular weight excluding hydrogens is 354 g/mol. The standard InChI is InChI=1S/C22H21N3OS/c1-15-9-11-17(12-10-15)21(20-8-5-13-27-20)24-16(2)22(26)25-19-7-4-3-6-18(19)14-23/h3-13,16,21,24H,1-2H3,(H,25,26)/p+1/t16-,21+/m1/s1. The average molecular weight is 377 g/mol. The Morgan fingerprint density at radius 3 is 2.52 bits per heavy atom. The largest absolute Gasteiger partial charge is 0.326 e. The zero-order valence-electron chi connectivity index (χ0n) is 15.3. The highest BCUT2D eigenvalue weighted by atomic mass is 32.1. The summed E-state index contributed by atoms with van der Waals surface area (Å²) in [6.07, 6.45) is 0. The minimum Gasteiger partial charge on any atom is -0.326 e. The number of rotatable bonds is 6. The van der Waals surface area contributed by atoms with Crippen molar-refractivity contribution in [3.05, 3.63) is 87.6 Å². The maximum absolute atomic E-state index is 12.7. The van der Waals surface area contributed by atoms with E-state index in [1.54, 1.807) is 29.5 Å². The van der Waals surface area contributed by atoms with Crippen LogP contribution in [0.4, 0.5) is 5.69 Å². The molecule has 0 fully saturated rings. The van der Waals surface area contributed by atoms with Crippen molar-refractivity contribution in [3.8, 4) is 6.07 Å². The summed E-state index contributed by atoms with van der Waals surface area (Å²) in [6.45, 7) is 3.95. The van der Waals surface area contributed by atoms with Gasteiger partial charge >= 0.3 is 0 Å². The van der Waals surface area contributed by atoms with E-state index in [9.17, 15) is 10.1 Å². The van der Waals surface area contributed by atoms with Crippen LogP contribution in [-0.4, -0.2) is 11.9 Å². The number of nitrogens with one attached hydrogen (secondary N) is 1. The third-order valence-corrected chi connectivity index (χ3v) is 5.44. The number of carbonyl (C=O) groups is 1. The second-order valence-corrected chi connectivity index (χ2v) is 7.51. The van der Waals surface area contributed by atoms with Crippen molar-refractivity contribution in [2.45, 2.75) is 25.9 Å². The molecule has 0 aliphatic carbocycles. The van der Waals surface area contributed by atoms with E-state index in [1.807, 2.05) is 19.1 Å². The van der Waals surface area contributed by atoms with Crippen LogP contribution in [0.1, 0.15) is 34.5 Å². The molecule has 4 nitrogen and oxygen atoms in total. The van der Waals surface area contributed by atoms with Gasteiger partial charge in [-0.05, 0) is 37.4 Å². The summed E-state index contributed by atoms with van der Waals surface area (Å²) >= 11 is 1.69. The summed E-state index contributed by atoms with van der Waals surface area (Å²) in [5, 5.41) is 16.2. The Balaban J connectivity index is 1.78. The lowest BCUT2D eigenvalue weighted by Gasteiger charge is -2.20. The van der Waals surface area contributed by atoms with Gasteiger partial charge in [0.2, 0.25) is 0 Å². The number of hydrogen-bond donors (Lipinski definition) is 2. The number of quaternary nitrogens is 1. The van der Waals surface area contributed by atoms with Crippen LogP contribution in [0.3, 0.4) is 0 Å². The molecule has 27 heavy (non-hydrogen) atoms. The molecule has 0 unspecified atom stereocenters. The van der Waals surface area contributed by atoms with Crippen LogP contribution in [0.5, 0.6) is 0 Å². The summed E-state index contributed by atoms with van der Waals surface area (Å²) in [7, 11) is 0. The first-order valence-electron chi connectivity index (χ1n) is 8.83. The van der Waals surface area contributed by atoms with Gasteiger partial charge < -0.3 is 10.6 Å². The summed E-state index contributed by atoms with van der Waals surface area (Å²) in [4.78, 5) is 13.9. The molecule has 3 aromatic rings. The topological polar surface area (TPSA) is 69.5 Å². The van der Waals surface area contributed by atoms with Gasteiger partial charge in [0.25, 0.3) is 5.91 Å². The van der Waals surface area contributed by atoms with Crippen molar-refractivity contribution in [1.29, 1.82) is 5.26 Å². The van der Waals surface area contributed by atoms with Crippen LogP contribution >= 0.6 is 11.3 Å². The Kier molecular flexibility index (Phi) is 6.02. The number of nitrogens with zero attached hydrogens (tertiary/aromatic N) is 1. The highest BCUT2D eigenvalue weighted by Crippen LogP contribution is 2.23. The van der Waals surface area contributed by atoms with Crippen molar-refractivity contribution in [2.75, 3.05) is 5.32 Å². The molecule has 0 saturated carbocycles. The summed E-state index contributed by atoms with van der Waals surface area (Å²) in [6, 6.07) is 21.4. The maximum Gasteiger partial charge on any atom is 0.282 e. The van der Waals surface area contributed by atoms with Crippen molar-refractivity contribution in [3.63, 3.8) is 0 Å². The molecule has 1 heterocycles. The molecule has 2 atom stereocenters. The number of anilines is 1. The Bertz CT molecular complexity index is 942. The van der Waals surface area contributed by atoms with Crippen molar-refractivity contribution < 1.29 is 10.1 Å². The van der Waals surface area contributed by atoms with Crippen LogP contribution in [0, 0.1) is 18.3 Å². The number of aryl methyl sites for hydroxylation is 1. The normalized spacial score (nSPS) is 12.8. The van der Waals surface area contributed by atoms with Gasteiger partial charge in [-0.15, -0.1) is 11.3 Å².